The SMILES string of the molecule is CC(C(=O)NCC1CCCO1)N(Cc1ccccc1)C(=O)c1ccc(-c2ccccc2)[nH]1. The van der Waals surface area contributed by atoms with Crippen LogP contribution in [0, 0.1) is 0 Å². The van der Waals surface area contributed by atoms with Crippen molar-refractivity contribution in [3.05, 3.63) is 84.1 Å². The van der Waals surface area contributed by atoms with Crippen LogP contribution in [0.3, 0.4) is 0 Å². The smallest absolute Gasteiger partial charge is 0.271 e. The Morgan fingerprint density at radius 1 is 1.06 bits per heavy atom. The fourth-order valence-electron chi connectivity index (χ4n) is 3.93. The van der Waals surface area contributed by atoms with Crippen LogP contribution in [0.5, 0.6) is 0 Å². The van der Waals surface area contributed by atoms with Crippen LogP contribution in [0.15, 0.2) is 72.8 Å². The minimum atomic E-state index is -0.632. The first kappa shape index (κ1) is 21.8. The van der Waals surface area contributed by atoms with E-state index in [1.54, 1.807) is 17.9 Å². The highest BCUT2D eigenvalue weighted by molar-refractivity contribution is 5.96. The van der Waals surface area contributed by atoms with Gasteiger partial charge in [0.05, 0.1) is 6.10 Å². The highest BCUT2D eigenvalue weighted by Crippen LogP contribution is 2.20. The maximum absolute atomic E-state index is 13.5. The molecule has 0 saturated carbocycles. The minimum Gasteiger partial charge on any atom is -0.376 e. The van der Waals surface area contributed by atoms with Gasteiger partial charge in [-0.05, 0) is 43.0 Å². The van der Waals surface area contributed by atoms with E-state index < -0.39 is 6.04 Å². The molecule has 0 radical (unpaired) electrons. The van der Waals surface area contributed by atoms with Crippen molar-refractivity contribution in [3.8, 4) is 11.3 Å². The molecule has 2 atom stereocenters. The van der Waals surface area contributed by atoms with Crippen molar-refractivity contribution in [3.63, 3.8) is 0 Å². The fraction of sp³-hybridized carbons (Fsp3) is 0.308. The van der Waals surface area contributed by atoms with Crippen LogP contribution in [0.2, 0.25) is 0 Å². The number of nitrogens with one attached hydrogen (secondary N) is 2. The van der Waals surface area contributed by atoms with E-state index in [0.29, 0.717) is 18.8 Å². The maximum atomic E-state index is 13.5. The number of hydrogen-bond donors (Lipinski definition) is 2. The molecular formula is C26H29N3O3. The van der Waals surface area contributed by atoms with Gasteiger partial charge < -0.3 is 19.9 Å². The Hall–Kier alpha value is -3.38. The summed E-state index contributed by atoms with van der Waals surface area (Å²) in [7, 11) is 0. The van der Waals surface area contributed by atoms with E-state index in [4.69, 9.17) is 4.74 Å². The molecule has 0 bridgehead atoms. The second-order valence-corrected chi connectivity index (χ2v) is 8.13. The van der Waals surface area contributed by atoms with Gasteiger partial charge in [0.15, 0.2) is 0 Å². The fourth-order valence-corrected chi connectivity index (χ4v) is 3.93. The van der Waals surface area contributed by atoms with Crippen LogP contribution in [0.4, 0.5) is 0 Å². The van der Waals surface area contributed by atoms with Gasteiger partial charge in [-0.15, -0.1) is 0 Å². The molecule has 32 heavy (non-hydrogen) atoms. The average molecular weight is 432 g/mol. The molecule has 3 aromatic rings. The van der Waals surface area contributed by atoms with Crippen LogP contribution < -0.4 is 5.32 Å². The second kappa shape index (κ2) is 10.3. The molecule has 2 aromatic carbocycles. The second-order valence-electron chi connectivity index (χ2n) is 8.13. The van der Waals surface area contributed by atoms with Gasteiger partial charge in [-0.1, -0.05) is 60.7 Å². The number of hydrogen-bond acceptors (Lipinski definition) is 3. The van der Waals surface area contributed by atoms with Crippen LogP contribution >= 0.6 is 0 Å². The summed E-state index contributed by atoms with van der Waals surface area (Å²) in [6.45, 7) is 3.32. The summed E-state index contributed by atoms with van der Waals surface area (Å²) in [5.74, 6) is -0.393. The zero-order valence-corrected chi connectivity index (χ0v) is 18.3. The highest BCUT2D eigenvalue weighted by atomic mass is 16.5. The zero-order valence-electron chi connectivity index (χ0n) is 18.3. The van der Waals surface area contributed by atoms with Crippen molar-refractivity contribution < 1.29 is 14.3 Å². The molecule has 4 rings (SSSR count). The van der Waals surface area contributed by atoms with Crippen LogP contribution in [0.1, 0.15) is 35.8 Å². The van der Waals surface area contributed by atoms with E-state index in [1.165, 1.54) is 0 Å². The highest BCUT2D eigenvalue weighted by Gasteiger charge is 2.28. The summed E-state index contributed by atoms with van der Waals surface area (Å²) in [6, 6.07) is 22.6. The molecule has 1 saturated heterocycles. The summed E-state index contributed by atoms with van der Waals surface area (Å²) in [4.78, 5) is 31.2. The average Bonchev–Trinajstić information content (AvgIpc) is 3.54. The van der Waals surface area contributed by atoms with Crippen molar-refractivity contribution in [2.75, 3.05) is 13.2 Å². The lowest BCUT2D eigenvalue weighted by Crippen LogP contribution is -2.49. The third kappa shape index (κ3) is 5.26. The largest absolute Gasteiger partial charge is 0.376 e. The van der Waals surface area contributed by atoms with Crippen molar-refractivity contribution in [1.82, 2.24) is 15.2 Å². The van der Waals surface area contributed by atoms with Gasteiger partial charge in [-0.3, -0.25) is 9.59 Å². The molecule has 6 heteroatoms. The minimum absolute atomic E-state index is 0.0567. The van der Waals surface area contributed by atoms with Gasteiger partial charge >= 0.3 is 0 Å². The standard InChI is InChI=1S/C26H29N3O3/c1-19(25(30)27-17-22-13-8-16-32-22)29(18-20-9-4-2-5-10-20)26(31)24-15-14-23(28-24)21-11-6-3-7-12-21/h2-7,9-12,14-15,19,22,28H,8,13,16-18H2,1H3,(H,27,30). The summed E-state index contributed by atoms with van der Waals surface area (Å²) in [6.07, 6.45) is 2.03. The molecule has 1 fully saturated rings. The molecule has 2 heterocycles. The Labute approximate surface area is 188 Å². The number of rotatable bonds is 8. The van der Waals surface area contributed by atoms with Crippen LogP contribution in [-0.4, -0.2) is 47.0 Å². The van der Waals surface area contributed by atoms with Crippen LogP contribution in [0.25, 0.3) is 11.3 Å². The van der Waals surface area contributed by atoms with E-state index in [0.717, 1.165) is 36.3 Å². The Morgan fingerprint density at radius 2 is 1.78 bits per heavy atom. The van der Waals surface area contributed by atoms with E-state index in [-0.39, 0.29) is 17.9 Å². The number of carbonyl (C=O) groups is 2. The number of H-pyrrole nitrogens is 1. The first-order valence-corrected chi connectivity index (χ1v) is 11.1. The molecule has 1 aliphatic rings. The lowest BCUT2D eigenvalue weighted by molar-refractivity contribution is -0.125. The molecule has 166 valence electrons. The normalized spacial score (nSPS) is 16.5. The monoisotopic (exact) mass is 431 g/mol. The first-order chi connectivity index (χ1) is 15.6. The van der Waals surface area contributed by atoms with Gasteiger partial charge in [0, 0.05) is 25.4 Å². The number of benzene rings is 2. The molecule has 1 aliphatic heterocycles. The van der Waals surface area contributed by atoms with Crippen molar-refractivity contribution >= 4 is 11.8 Å². The molecule has 2 amide bonds. The van der Waals surface area contributed by atoms with Crippen molar-refractivity contribution in [2.24, 2.45) is 0 Å². The van der Waals surface area contributed by atoms with Gasteiger partial charge in [0.25, 0.3) is 5.91 Å². The maximum Gasteiger partial charge on any atom is 0.271 e. The molecule has 0 aliphatic carbocycles. The van der Waals surface area contributed by atoms with E-state index in [9.17, 15) is 9.59 Å². The molecule has 6 nitrogen and oxygen atoms in total. The predicted molar refractivity (Wildman–Crippen MR) is 124 cm³/mol. The first-order valence-electron chi connectivity index (χ1n) is 11.1. The quantitative estimate of drug-likeness (QED) is 0.566. The molecule has 1 aromatic heterocycles. The Balaban J connectivity index is 1.52. The number of ether oxygens (including phenoxy) is 1. The third-order valence-electron chi connectivity index (χ3n) is 5.83. The Kier molecular flexibility index (Phi) is 7.02. The molecular weight excluding hydrogens is 402 g/mol. The number of nitrogens with zero attached hydrogens (tertiary/aromatic N) is 1. The number of carbonyl (C=O) groups excluding carboxylic acids is 2. The predicted octanol–water partition coefficient (Wildman–Crippen LogP) is 4.01. The number of aromatic amines is 1. The lowest BCUT2D eigenvalue weighted by Gasteiger charge is -2.28. The van der Waals surface area contributed by atoms with Gasteiger partial charge in [0.1, 0.15) is 11.7 Å². The van der Waals surface area contributed by atoms with E-state index in [2.05, 4.69) is 10.3 Å². The summed E-state index contributed by atoms with van der Waals surface area (Å²) >= 11 is 0. The van der Waals surface area contributed by atoms with Crippen molar-refractivity contribution in [1.29, 1.82) is 0 Å². The Bertz CT molecular complexity index is 1030. The molecule has 2 unspecified atom stereocenters. The topological polar surface area (TPSA) is 74.4 Å². The molecule has 0 spiro atoms. The summed E-state index contributed by atoms with van der Waals surface area (Å²) < 4.78 is 5.60. The zero-order chi connectivity index (χ0) is 22.3. The third-order valence-corrected chi connectivity index (χ3v) is 5.83. The Morgan fingerprint density at radius 3 is 2.47 bits per heavy atom. The van der Waals surface area contributed by atoms with Crippen molar-refractivity contribution in [2.45, 2.75) is 38.5 Å². The summed E-state index contributed by atoms with van der Waals surface area (Å²) in [5, 5.41) is 2.96. The molecule has 2 N–H and O–H groups in total. The van der Waals surface area contributed by atoms with E-state index >= 15 is 0 Å². The number of amides is 2. The van der Waals surface area contributed by atoms with Gasteiger partial charge in [-0.25, -0.2) is 0 Å². The van der Waals surface area contributed by atoms with Crippen LogP contribution in [-0.2, 0) is 16.1 Å². The number of aromatic nitrogens is 1. The van der Waals surface area contributed by atoms with Gasteiger partial charge in [-0.2, -0.15) is 0 Å². The summed E-state index contributed by atoms with van der Waals surface area (Å²) in [5.41, 5.74) is 3.29. The van der Waals surface area contributed by atoms with E-state index in [1.807, 2.05) is 66.7 Å². The lowest BCUT2D eigenvalue weighted by atomic mass is 10.1. The van der Waals surface area contributed by atoms with Gasteiger partial charge in [0.2, 0.25) is 5.91 Å².